The first-order valence-corrected chi connectivity index (χ1v) is 19.5. The number of fused-ring (bicyclic) bond motifs is 2. The molecule has 6 aromatic rings. The summed E-state index contributed by atoms with van der Waals surface area (Å²) in [4.78, 5) is 8.50. The van der Waals surface area contributed by atoms with Gasteiger partial charge in [0.2, 0.25) is 19.1 Å². The molecule has 2 unspecified atom stereocenters. The van der Waals surface area contributed by atoms with Crippen LogP contribution in [0.3, 0.4) is 0 Å². The van der Waals surface area contributed by atoms with Crippen molar-refractivity contribution in [3.8, 4) is 11.5 Å². The van der Waals surface area contributed by atoms with Crippen molar-refractivity contribution in [3.63, 3.8) is 0 Å². The Morgan fingerprint density at radius 2 is 1.08 bits per heavy atom. The average molecular weight is 721 g/mol. The molecule has 0 saturated carbocycles. The maximum Gasteiger partial charge on any atom is 0.229 e. The van der Waals surface area contributed by atoms with E-state index in [4.69, 9.17) is 0 Å². The first-order chi connectivity index (χ1) is 23.2. The van der Waals surface area contributed by atoms with E-state index < -0.39 is 25.1 Å². The predicted octanol–water partition coefficient (Wildman–Crippen LogP) is 6.36. The third-order valence-corrected chi connectivity index (χ3v) is 8.84. The smallest absolute Gasteiger partial charge is 0.229 e. The standard InChI is InChI=1S/C18H18N2O3S.C17H16N2O.CH3ClO2S/c1-20(24(2,22)23)17(14-7-4-3-5-8-14)15-11-10-13-9-6-12-19-16(13)18(15)21;1-18-15(12-6-3-2-4-7-12)14-10-9-13-8-5-11-19-16(13)17(14)20;1-5(2,3)4/h3-12,17,21H,1-2H3;2-11,15,18,20H,1H3;1H3. The second kappa shape index (κ2) is 16.2. The minimum atomic E-state index is -3.47. The van der Waals surface area contributed by atoms with Crippen LogP contribution in [0.5, 0.6) is 11.5 Å². The molecule has 2 aromatic heterocycles. The number of phenols is 2. The molecule has 0 bridgehead atoms. The van der Waals surface area contributed by atoms with Gasteiger partial charge in [0.25, 0.3) is 0 Å². The monoisotopic (exact) mass is 720 g/mol. The zero-order chi connectivity index (χ0) is 35.8. The number of aromatic nitrogens is 2. The molecule has 10 nitrogen and oxygen atoms in total. The molecule has 4 aromatic carbocycles. The van der Waals surface area contributed by atoms with E-state index >= 15 is 0 Å². The molecule has 3 N–H and O–H groups in total. The molecule has 49 heavy (non-hydrogen) atoms. The van der Waals surface area contributed by atoms with Gasteiger partial charge in [-0.1, -0.05) is 97.1 Å². The largest absolute Gasteiger partial charge is 0.505 e. The summed E-state index contributed by atoms with van der Waals surface area (Å²) >= 11 is 0. The molecule has 0 aliphatic rings. The van der Waals surface area contributed by atoms with Crippen molar-refractivity contribution < 1.29 is 27.0 Å². The lowest BCUT2D eigenvalue weighted by molar-refractivity contribution is 0.402. The van der Waals surface area contributed by atoms with Gasteiger partial charge in [-0.3, -0.25) is 9.97 Å². The van der Waals surface area contributed by atoms with Crippen LogP contribution in [-0.2, 0) is 19.1 Å². The van der Waals surface area contributed by atoms with Gasteiger partial charge >= 0.3 is 0 Å². The van der Waals surface area contributed by atoms with Gasteiger partial charge in [0.05, 0.1) is 24.6 Å². The molecule has 6 rings (SSSR count). The number of hydrogen-bond donors (Lipinski definition) is 3. The molecule has 2 atom stereocenters. The van der Waals surface area contributed by atoms with Gasteiger partial charge in [-0.2, -0.15) is 4.31 Å². The number of nitrogens with one attached hydrogen (secondary N) is 1. The second-order valence-corrected chi connectivity index (χ2v) is 16.2. The summed E-state index contributed by atoms with van der Waals surface area (Å²) in [6.45, 7) is 0. The van der Waals surface area contributed by atoms with E-state index in [1.165, 1.54) is 11.4 Å². The number of benzene rings is 4. The highest BCUT2D eigenvalue weighted by molar-refractivity contribution is 8.13. The topological polar surface area (TPSA) is 150 Å². The van der Waals surface area contributed by atoms with Crippen molar-refractivity contribution in [2.45, 2.75) is 12.1 Å². The van der Waals surface area contributed by atoms with Gasteiger partial charge in [0, 0.05) is 52.0 Å². The van der Waals surface area contributed by atoms with E-state index in [9.17, 15) is 27.0 Å². The Balaban J connectivity index is 0.000000197. The quantitative estimate of drug-likeness (QED) is 0.160. The molecule has 0 amide bonds. The van der Waals surface area contributed by atoms with Gasteiger partial charge in [-0.25, -0.2) is 16.8 Å². The van der Waals surface area contributed by atoms with Crippen LogP contribution in [0.4, 0.5) is 0 Å². The van der Waals surface area contributed by atoms with Crippen molar-refractivity contribution in [2.24, 2.45) is 0 Å². The molecule has 0 aliphatic carbocycles. The van der Waals surface area contributed by atoms with Crippen molar-refractivity contribution in [3.05, 3.63) is 144 Å². The fraction of sp³-hybridized carbons (Fsp3) is 0.167. The third-order valence-electron chi connectivity index (χ3n) is 7.59. The molecule has 0 spiro atoms. The van der Waals surface area contributed by atoms with E-state index in [2.05, 4.69) is 26.0 Å². The number of nitrogens with zero attached hydrogens (tertiary/aromatic N) is 3. The fourth-order valence-corrected chi connectivity index (χ4v) is 5.92. The molecule has 256 valence electrons. The minimum Gasteiger partial charge on any atom is -0.505 e. The molecular formula is C36H37ClN4O6S2. The molecule has 0 saturated heterocycles. The summed E-state index contributed by atoms with van der Waals surface area (Å²) < 4.78 is 44.3. The summed E-state index contributed by atoms with van der Waals surface area (Å²) in [6.07, 6.45) is 5.38. The lowest BCUT2D eigenvalue weighted by Crippen LogP contribution is -2.31. The SMILES string of the molecule is CN(C(c1ccccc1)c1ccc2cccnc2c1O)S(C)(=O)=O.CNC(c1ccccc1)c1ccc2cccnc2c1O.CS(=O)(=O)Cl. The van der Waals surface area contributed by atoms with Crippen molar-refractivity contribution in [1.29, 1.82) is 0 Å². The Labute approximate surface area is 291 Å². The van der Waals surface area contributed by atoms with Crippen LogP contribution in [0.15, 0.2) is 122 Å². The van der Waals surface area contributed by atoms with Crippen molar-refractivity contribution in [2.75, 3.05) is 26.6 Å². The number of pyridine rings is 2. The molecule has 13 heteroatoms. The third kappa shape index (κ3) is 9.74. The average Bonchev–Trinajstić information content (AvgIpc) is 3.07. The molecule has 0 aliphatic heterocycles. The normalized spacial score (nSPS) is 12.8. The summed E-state index contributed by atoms with van der Waals surface area (Å²) in [5, 5.41) is 26.2. The number of halogens is 1. The van der Waals surface area contributed by atoms with Crippen LogP contribution in [-0.4, -0.2) is 67.9 Å². The fourth-order valence-electron chi connectivity index (χ4n) is 5.30. The summed E-state index contributed by atoms with van der Waals surface area (Å²) in [7, 11) is 1.24. The van der Waals surface area contributed by atoms with E-state index in [0.29, 0.717) is 16.6 Å². The lowest BCUT2D eigenvalue weighted by Gasteiger charge is -2.27. The first kappa shape index (κ1) is 37.2. The number of hydrogen-bond acceptors (Lipinski definition) is 9. The first-order valence-electron chi connectivity index (χ1n) is 14.9. The van der Waals surface area contributed by atoms with E-state index in [-0.39, 0.29) is 17.5 Å². The van der Waals surface area contributed by atoms with Crippen LogP contribution < -0.4 is 5.32 Å². The molecule has 0 radical (unpaired) electrons. The van der Waals surface area contributed by atoms with Gasteiger partial charge < -0.3 is 15.5 Å². The number of phenolic OH excluding ortho intramolecular Hbond substituents is 2. The van der Waals surface area contributed by atoms with E-state index in [1.54, 1.807) is 24.5 Å². The second-order valence-electron chi connectivity index (χ2n) is 11.1. The Morgan fingerprint density at radius 3 is 1.53 bits per heavy atom. The molecule has 2 heterocycles. The lowest BCUT2D eigenvalue weighted by atomic mass is 9.96. The van der Waals surface area contributed by atoms with Gasteiger partial charge in [0.15, 0.2) is 0 Å². The van der Waals surface area contributed by atoms with Crippen LogP contribution in [0.1, 0.15) is 34.3 Å². The summed E-state index contributed by atoms with van der Waals surface area (Å²) in [5.74, 6) is 0.240. The van der Waals surface area contributed by atoms with Crippen LogP contribution >= 0.6 is 10.7 Å². The van der Waals surface area contributed by atoms with Gasteiger partial charge in [-0.05, 0) is 30.3 Å². The van der Waals surface area contributed by atoms with E-state index in [1.807, 2.05) is 104 Å². The molecule has 0 fully saturated rings. The number of sulfonamides is 1. The highest BCUT2D eigenvalue weighted by atomic mass is 35.7. The highest BCUT2D eigenvalue weighted by Gasteiger charge is 2.29. The maximum absolute atomic E-state index is 12.1. The number of aromatic hydroxyl groups is 2. The zero-order valence-corrected chi connectivity index (χ0v) is 29.7. The Kier molecular flexibility index (Phi) is 12.3. The Morgan fingerprint density at radius 1 is 0.653 bits per heavy atom. The Bertz CT molecular complexity index is 2230. The highest BCUT2D eigenvalue weighted by Crippen LogP contribution is 2.38. The zero-order valence-electron chi connectivity index (χ0n) is 27.3. The summed E-state index contributed by atoms with van der Waals surface area (Å²) in [6, 6.07) is 33.6. The van der Waals surface area contributed by atoms with Crippen LogP contribution in [0, 0.1) is 0 Å². The van der Waals surface area contributed by atoms with Crippen molar-refractivity contribution in [1.82, 2.24) is 19.6 Å². The minimum absolute atomic E-state index is 0.00236. The molecular weight excluding hydrogens is 684 g/mol. The summed E-state index contributed by atoms with van der Waals surface area (Å²) in [5.41, 5.74) is 4.32. The van der Waals surface area contributed by atoms with Crippen LogP contribution in [0.2, 0.25) is 0 Å². The van der Waals surface area contributed by atoms with Crippen molar-refractivity contribution >= 4 is 51.6 Å². The Hall–Kier alpha value is -4.59. The maximum atomic E-state index is 12.1. The predicted molar refractivity (Wildman–Crippen MR) is 196 cm³/mol. The number of rotatable bonds is 7. The van der Waals surface area contributed by atoms with E-state index in [0.717, 1.165) is 40.0 Å². The van der Waals surface area contributed by atoms with Crippen LogP contribution in [0.25, 0.3) is 21.8 Å². The van der Waals surface area contributed by atoms with Gasteiger partial charge in [-0.15, -0.1) is 0 Å². The van der Waals surface area contributed by atoms with Gasteiger partial charge in [0.1, 0.15) is 22.5 Å².